The van der Waals surface area contributed by atoms with E-state index in [9.17, 15) is 4.79 Å². The molecule has 0 aliphatic carbocycles. The van der Waals surface area contributed by atoms with Gasteiger partial charge in [0.25, 0.3) is 0 Å². The Morgan fingerprint density at radius 2 is 2.26 bits per heavy atom. The van der Waals surface area contributed by atoms with Crippen LogP contribution in [0.4, 0.5) is 5.69 Å². The van der Waals surface area contributed by atoms with Crippen LogP contribution in [-0.4, -0.2) is 5.91 Å². The van der Waals surface area contributed by atoms with Crippen molar-refractivity contribution < 1.29 is 9.21 Å². The van der Waals surface area contributed by atoms with Gasteiger partial charge in [-0.25, -0.2) is 0 Å². The zero-order chi connectivity index (χ0) is 13.8. The van der Waals surface area contributed by atoms with E-state index in [4.69, 9.17) is 16.0 Å². The first-order chi connectivity index (χ1) is 9.06. The van der Waals surface area contributed by atoms with Crippen LogP contribution in [0.1, 0.15) is 11.3 Å². The minimum Gasteiger partial charge on any atom is -0.465 e. The average Bonchev–Trinajstić information content (AvgIpc) is 2.86. The Kier molecular flexibility index (Phi) is 4.45. The molecule has 0 radical (unpaired) electrons. The van der Waals surface area contributed by atoms with E-state index in [0.29, 0.717) is 16.5 Å². The van der Waals surface area contributed by atoms with Gasteiger partial charge in [-0.1, -0.05) is 11.6 Å². The molecule has 0 spiro atoms. The molecule has 1 amide bonds. The number of nitrogens with one attached hydrogen (secondary N) is 1. The molecule has 1 aromatic heterocycles. The van der Waals surface area contributed by atoms with Crippen LogP contribution in [0, 0.1) is 6.92 Å². The van der Waals surface area contributed by atoms with Crippen molar-refractivity contribution in [1.82, 2.24) is 0 Å². The van der Waals surface area contributed by atoms with Gasteiger partial charge in [0.1, 0.15) is 5.76 Å². The molecule has 0 atom stereocenters. The van der Waals surface area contributed by atoms with E-state index in [-0.39, 0.29) is 5.91 Å². The Hall–Kier alpha value is -1.52. The number of halogens is 2. The van der Waals surface area contributed by atoms with E-state index in [1.165, 1.54) is 6.08 Å². The number of hydrogen-bond acceptors (Lipinski definition) is 2. The van der Waals surface area contributed by atoms with Gasteiger partial charge in [0, 0.05) is 16.2 Å². The molecular weight excluding hydrogens is 330 g/mol. The zero-order valence-electron chi connectivity index (χ0n) is 10.1. The molecule has 0 aliphatic rings. The minimum absolute atomic E-state index is 0.238. The third-order valence-electron chi connectivity index (χ3n) is 2.47. The number of anilines is 1. The number of carbonyl (C=O) groups excluding carboxylic acids is 1. The first kappa shape index (κ1) is 13.9. The van der Waals surface area contributed by atoms with Crippen LogP contribution in [0.3, 0.4) is 0 Å². The fourth-order valence-electron chi connectivity index (χ4n) is 1.50. The highest BCUT2D eigenvalue weighted by molar-refractivity contribution is 9.10. The van der Waals surface area contributed by atoms with Gasteiger partial charge in [-0.05, 0) is 58.8 Å². The SMILES string of the molecule is Cc1cc(Br)c(Cl)cc1NC(=O)C=Cc1ccco1. The molecular formula is C14H11BrClNO2. The summed E-state index contributed by atoms with van der Waals surface area (Å²) in [6.45, 7) is 1.90. The lowest BCUT2D eigenvalue weighted by Gasteiger charge is -2.08. The molecule has 19 heavy (non-hydrogen) atoms. The molecule has 98 valence electrons. The predicted octanol–water partition coefficient (Wildman–Crippen LogP) is 4.66. The molecule has 1 aromatic carbocycles. The van der Waals surface area contributed by atoms with Crippen molar-refractivity contribution in [2.75, 3.05) is 5.32 Å². The van der Waals surface area contributed by atoms with Crippen LogP contribution in [-0.2, 0) is 4.79 Å². The number of carbonyl (C=O) groups is 1. The molecule has 3 nitrogen and oxygen atoms in total. The Balaban J connectivity index is 2.09. The third-order valence-corrected chi connectivity index (χ3v) is 3.66. The van der Waals surface area contributed by atoms with Crippen molar-refractivity contribution >= 4 is 45.2 Å². The normalized spacial score (nSPS) is 10.9. The van der Waals surface area contributed by atoms with Gasteiger partial charge in [-0.3, -0.25) is 4.79 Å². The summed E-state index contributed by atoms with van der Waals surface area (Å²) in [6, 6.07) is 7.09. The van der Waals surface area contributed by atoms with Crippen LogP contribution in [0.5, 0.6) is 0 Å². The van der Waals surface area contributed by atoms with E-state index in [1.807, 2.05) is 13.0 Å². The maximum Gasteiger partial charge on any atom is 0.248 e. The van der Waals surface area contributed by atoms with Crippen molar-refractivity contribution in [3.05, 3.63) is 57.4 Å². The second-order valence-corrected chi connectivity index (χ2v) is 5.18. The second-order valence-electron chi connectivity index (χ2n) is 3.92. The first-order valence-electron chi connectivity index (χ1n) is 5.54. The molecule has 0 fully saturated rings. The number of furan rings is 1. The molecule has 0 saturated heterocycles. The standard InChI is InChI=1S/C14H11BrClNO2/c1-9-7-11(15)12(16)8-13(9)17-14(18)5-4-10-3-2-6-19-10/h2-8H,1H3,(H,17,18). The Morgan fingerprint density at radius 3 is 2.95 bits per heavy atom. The van der Waals surface area contributed by atoms with E-state index in [1.54, 1.807) is 30.5 Å². The summed E-state index contributed by atoms with van der Waals surface area (Å²) < 4.78 is 5.90. The highest BCUT2D eigenvalue weighted by Gasteiger charge is 2.06. The average molecular weight is 341 g/mol. The van der Waals surface area contributed by atoms with Gasteiger partial charge in [0.05, 0.1) is 11.3 Å². The zero-order valence-corrected chi connectivity index (χ0v) is 12.5. The van der Waals surface area contributed by atoms with E-state index >= 15 is 0 Å². The third kappa shape index (κ3) is 3.72. The maximum atomic E-state index is 11.8. The number of hydrogen-bond donors (Lipinski definition) is 1. The molecule has 2 rings (SSSR count). The largest absolute Gasteiger partial charge is 0.465 e. The summed E-state index contributed by atoms with van der Waals surface area (Å²) in [7, 11) is 0. The molecule has 1 heterocycles. The smallest absolute Gasteiger partial charge is 0.248 e. The topological polar surface area (TPSA) is 42.2 Å². The minimum atomic E-state index is -0.238. The van der Waals surface area contributed by atoms with Crippen molar-refractivity contribution in [3.63, 3.8) is 0 Å². The summed E-state index contributed by atoms with van der Waals surface area (Å²) >= 11 is 9.33. The molecule has 1 N–H and O–H groups in total. The quantitative estimate of drug-likeness (QED) is 0.826. The first-order valence-corrected chi connectivity index (χ1v) is 6.71. The maximum absolute atomic E-state index is 11.8. The Labute approximate surface area is 124 Å². The lowest BCUT2D eigenvalue weighted by Crippen LogP contribution is -2.08. The lowest BCUT2D eigenvalue weighted by molar-refractivity contribution is -0.111. The molecule has 0 saturated carbocycles. The second kappa shape index (κ2) is 6.08. The van der Waals surface area contributed by atoms with Crippen molar-refractivity contribution in [2.45, 2.75) is 6.92 Å². The van der Waals surface area contributed by atoms with Gasteiger partial charge >= 0.3 is 0 Å². The predicted molar refractivity (Wildman–Crippen MR) is 80.3 cm³/mol. The van der Waals surface area contributed by atoms with Gasteiger partial charge in [0.2, 0.25) is 5.91 Å². The van der Waals surface area contributed by atoms with Gasteiger partial charge in [0.15, 0.2) is 0 Å². The summed E-state index contributed by atoms with van der Waals surface area (Å²) in [5, 5.41) is 3.32. The summed E-state index contributed by atoms with van der Waals surface area (Å²) in [5.74, 6) is 0.388. The number of aryl methyl sites for hydroxylation is 1. The van der Waals surface area contributed by atoms with Crippen molar-refractivity contribution in [2.24, 2.45) is 0 Å². The Morgan fingerprint density at radius 1 is 1.47 bits per heavy atom. The highest BCUT2D eigenvalue weighted by Crippen LogP contribution is 2.28. The Bertz CT molecular complexity index is 621. The molecule has 2 aromatic rings. The van der Waals surface area contributed by atoms with Gasteiger partial charge in [-0.2, -0.15) is 0 Å². The van der Waals surface area contributed by atoms with Gasteiger partial charge in [-0.15, -0.1) is 0 Å². The molecule has 0 aliphatic heterocycles. The lowest BCUT2D eigenvalue weighted by atomic mass is 10.2. The summed E-state index contributed by atoms with van der Waals surface area (Å²) in [5.41, 5.74) is 1.61. The van der Waals surface area contributed by atoms with Crippen LogP contribution in [0.15, 0.2) is 45.5 Å². The van der Waals surface area contributed by atoms with E-state index in [2.05, 4.69) is 21.2 Å². The number of rotatable bonds is 3. The summed E-state index contributed by atoms with van der Waals surface area (Å²) in [6.07, 6.45) is 4.57. The van der Waals surface area contributed by atoms with Crippen LogP contribution >= 0.6 is 27.5 Å². The monoisotopic (exact) mass is 339 g/mol. The van der Waals surface area contributed by atoms with Gasteiger partial charge < -0.3 is 9.73 Å². The van der Waals surface area contributed by atoms with Crippen LogP contribution < -0.4 is 5.32 Å². The number of amides is 1. The fourth-order valence-corrected chi connectivity index (χ4v) is 2.12. The highest BCUT2D eigenvalue weighted by atomic mass is 79.9. The molecule has 5 heteroatoms. The van der Waals surface area contributed by atoms with Crippen molar-refractivity contribution in [3.8, 4) is 0 Å². The van der Waals surface area contributed by atoms with E-state index < -0.39 is 0 Å². The molecule has 0 unspecified atom stereocenters. The summed E-state index contributed by atoms with van der Waals surface area (Å²) in [4.78, 5) is 11.8. The van der Waals surface area contributed by atoms with E-state index in [0.717, 1.165) is 10.0 Å². The van der Waals surface area contributed by atoms with Crippen molar-refractivity contribution in [1.29, 1.82) is 0 Å². The number of benzene rings is 1. The van der Waals surface area contributed by atoms with Crippen LogP contribution in [0.2, 0.25) is 5.02 Å². The van der Waals surface area contributed by atoms with Crippen LogP contribution in [0.25, 0.3) is 6.08 Å². The molecule has 0 bridgehead atoms. The fraction of sp³-hybridized carbons (Fsp3) is 0.0714.